The first kappa shape index (κ1) is 26.0. The molecular weight excluding hydrogens is 486 g/mol. The molecule has 3 aromatic rings. The molecular formula is C25H27N3O5S2. The number of amides is 1. The summed E-state index contributed by atoms with van der Waals surface area (Å²) in [7, 11) is -2.24. The second-order valence-corrected chi connectivity index (χ2v) is 9.72. The lowest BCUT2D eigenvalue weighted by Crippen LogP contribution is -2.34. The van der Waals surface area contributed by atoms with E-state index in [1.165, 1.54) is 19.2 Å². The Morgan fingerprint density at radius 2 is 1.49 bits per heavy atom. The molecule has 0 saturated carbocycles. The average Bonchev–Trinajstić information content (AvgIpc) is 2.85. The van der Waals surface area contributed by atoms with Gasteiger partial charge in [-0.1, -0.05) is 6.92 Å². The molecule has 3 aromatic carbocycles. The van der Waals surface area contributed by atoms with E-state index in [2.05, 4.69) is 15.4 Å². The smallest absolute Gasteiger partial charge is 0.261 e. The fourth-order valence-electron chi connectivity index (χ4n) is 2.93. The lowest BCUT2D eigenvalue weighted by Gasteiger charge is -2.13. The highest BCUT2D eigenvalue weighted by Crippen LogP contribution is 2.21. The van der Waals surface area contributed by atoms with Crippen molar-refractivity contribution >= 4 is 44.6 Å². The molecule has 0 saturated heterocycles. The number of sulfonamides is 1. The SMILES string of the molecule is CCC(C)Oc1ccc(C(=O)NC(=S)Nc2ccc(S(=O)(=O)Nc3ccc(OC)cc3)cc2)cc1. The summed E-state index contributed by atoms with van der Waals surface area (Å²) >= 11 is 5.22. The topological polar surface area (TPSA) is 106 Å². The van der Waals surface area contributed by atoms with Gasteiger partial charge in [-0.25, -0.2) is 8.42 Å². The van der Waals surface area contributed by atoms with Crippen molar-refractivity contribution in [3.63, 3.8) is 0 Å². The van der Waals surface area contributed by atoms with Crippen molar-refractivity contribution < 1.29 is 22.7 Å². The standard InChI is InChI=1S/C25H27N3O5S2/c1-4-17(2)33-22-11-5-18(6-12-22)24(29)27-25(34)26-19-9-15-23(16-10-19)35(30,31)28-20-7-13-21(32-3)14-8-20/h5-17,28H,4H2,1-3H3,(H2,26,27,29,34). The van der Waals surface area contributed by atoms with Crippen LogP contribution in [0.25, 0.3) is 0 Å². The van der Waals surface area contributed by atoms with Gasteiger partial charge in [-0.3, -0.25) is 14.8 Å². The van der Waals surface area contributed by atoms with Gasteiger partial charge in [-0.15, -0.1) is 0 Å². The molecule has 8 nitrogen and oxygen atoms in total. The number of hydrogen-bond donors (Lipinski definition) is 3. The highest BCUT2D eigenvalue weighted by atomic mass is 32.2. The number of anilines is 2. The summed E-state index contributed by atoms with van der Waals surface area (Å²) in [6.07, 6.45) is 0.972. The minimum Gasteiger partial charge on any atom is -0.497 e. The Kier molecular flexibility index (Phi) is 8.67. The van der Waals surface area contributed by atoms with Gasteiger partial charge in [-0.05, 0) is 98.4 Å². The summed E-state index contributed by atoms with van der Waals surface area (Å²) in [6, 6.07) is 19.3. The van der Waals surface area contributed by atoms with Crippen LogP contribution in [0.2, 0.25) is 0 Å². The van der Waals surface area contributed by atoms with Gasteiger partial charge >= 0.3 is 0 Å². The Hall–Kier alpha value is -3.63. The summed E-state index contributed by atoms with van der Waals surface area (Å²) in [6.45, 7) is 4.01. The molecule has 0 aliphatic heterocycles. The Bertz CT molecular complexity index is 1260. The average molecular weight is 514 g/mol. The predicted octanol–water partition coefficient (Wildman–Crippen LogP) is 4.80. The van der Waals surface area contributed by atoms with E-state index in [9.17, 15) is 13.2 Å². The number of hydrogen-bond acceptors (Lipinski definition) is 6. The van der Waals surface area contributed by atoms with Gasteiger partial charge in [0.15, 0.2) is 5.11 Å². The highest BCUT2D eigenvalue weighted by Gasteiger charge is 2.15. The van der Waals surface area contributed by atoms with Crippen molar-refractivity contribution in [2.24, 2.45) is 0 Å². The van der Waals surface area contributed by atoms with Crippen LogP contribution >= 0.6 is 12.2 Å². The van der Waals surface area contributed by atoms with E-state index < -0.39 is 10.0 Å². The number of thiocarbonyl (C=S) groups is 1. The molecule has 0 fully saturated rings. The fraction of sp³-hybridized carbons (Fsp3) is 0.200. The number of methoxy groups -OCH3 is 1. The van der Waals surface area contributed by atoms with Crippen molar-refractivity contribution in [2.45, 2.75) is 31.3 Å². The summed E-state index contributed by atoms with van der Waals surface area (Å²) in [4.78, 5) is 12.5. The van der Waals surface area contributed by atoms with E-state index in [0.717, 1.165) is 6.42 Å². The molecule has 3 N–H and O–H groups in total. The van der Waals surface area contributed by atoms with Crippen LogP contribution in [-0.4, -0.2) is 32.7 Å². The second kappa shape index (κ2) is 11.7. The molecule has 0 spiro atoms. The number of ether oxygens (including phenoxy) is 2. The van der Waals surface area contributed by atoms with Gasteiger partial charge in [0.1, 0.15) is 11.5 Å². The molecule has 10 heteroatoms. The zero-order chi connectivity index (χ0) is 25.4. The van der Waals surface area contributed by atoms with Gasteiger partial charge in [-0.2, -0.15) is 0 Å². The number of carbonyl (C=O) groups excluding carboxylic acids is 1. The quantitative estimate of drug-likeness (QED) is 0.353. The van der Waals surface area contributed by atoms with Crippen LogP contribution in [0.1, 0.15) is 30.6 Å². The summed E-state index contributed by atoms with van der Waals surface area (Å²) < 4.78 is 38.6. The summed E-state index contributed by atoms with van der Waals surface area (Å²) in [5, 5.41) is 5.56. The maximum atomic E-state index is 12.6. The molecule has 1 atom stereocenters. The molecule has 0 aliphatic carbocycles. The molecule has 0 heterocycles. The van der Waals surface area contributed by atoms with Crippen LogP contribution in [0, 0.1) is 0 Å². The molecule has 35 heavy (non-hydrogen) atoms. The normalized spacial score (nSPS) is 11.7. The third-order valence-corrected chi connectivity index (χ3v) is 6.62. The minimum atomic E-state index is -3.78. The van der Waals surface area contributed by atoms with E-state index >= 15 is 0 Å². The van der Waals surface area contributed by atoms with Crippen LogP contribution < -0.4 is 24.8 Å². The van der Waals surface area contributed by atoms with E-state index in [1.807, 2.05) is 13.8 Å². The minimum absolute atomic E-state index is 0.0773. The first-order chi connectivity index (χ1) is 16.7. The van der Waals surface area contributed by atoms with Crippen molar-refractivity contribution in [1.29, 1.82) is 0 Å². The Morgan fingerprint density at radius 3 is 2.06 bits per heavy atom. The number of carbonyl (C=O) groups is 1. The van der Waals surface area contributed by atoms with Gasteiger partial charge in [0.25, 0.3) is 15.9 Å². The highest BCUT2D eigenvalue weighted by molar-refractivity contribution is 7.92. The molecule has 0 radical (unpaired) electrons. The molecule has 1 unspecified atom stereocenters. The molecule has 3 rings (SSSR count). The van der Waals surface area contributed by atoms with Crippen molar-refractivity contribution in [3.05, 3.63) is 78.4 Å². The van der Waals surface area contributed by atoms with Crippen molar-refractivity contribution in [3.8, 4) is 11.5 Å². The monoisotopic (exact) mass is 513 g/mol. The first-order valence-electron chi connectivity index (χ1n) is 10.9. The molecule has 0 aromatic heterocycles. The molecule has 0 aliphatic rings. The van der Waals surface area contributed by atoms with Gasteiger partial charge in [0, 0.05) is 16.9 Å². The van der Waals surface area contributed by atoms with Crippen LogP contribution in [-0.2, 0) is 10.0 Å². The van der Waals surface area contributed by atoms with Gasteiger partial charge in [0.05, 0.1) is 18.1 Å². The van der Waals surface area contributed by atoms with Crippen molar-refractivity contribution in [2.75, 3.05) is 17.1 Å². The van der Waals surface area contributed by atoms with E-state index in [1.54, 1.807) is 60.7 Å². The van der Waals surface area contributed by atoms with Crippen LogP contribution in [0.4, 0.5) is 11.4 Å². The third kappa shape index (κ3) is 7.43. The first-order valence-corrected chi connectivity index (χ1v) is 12.8. The fourth-order valence-corrected chi connectivity index (χ4v) is 4.20. The van der Waals surface area contributed by atoms with Gasteiger partial charge in [0.2, 0.25) is 0 Å². The van der Waals surface area contributed by atoms with Crippen LogP contribution in [0.3, 0.4) is 0 Å². The summed E-state index contributed by atoms with van der Waals surface area (Å²) in [5.41, 5.74) is 1.36. The summed E-state index contributed by atoms with van der Waals surface area (Å²) in [5.74, 6) is 0.938. The van der Waals surface area contributed by atoms with E-state index in [-0.39, 0.29) is 22.0 Å². The maximum absolute atomic E-state index is 12.6. The third-order valence-electron chi connectivity index (χ3n) is 5.02. The zero-order valence-electron chi connectivity index (χ0n) is 19.6. The van der Waals surface area contributed by atoms with E-state index in [0.29, 0.717) is 28.4 Å². The Labute approximate surface area is 210 Å². The molecule has 184 valence electrons. The number of rotatable bonds is 9. The van der Waals surface area contributed by atoms with Crippen molar-refractivity contribution in [1.82, 2.24) is 5.32 Å². The molecule has 0 bridgehead atoms. The Balaban J connectivity index is 1.56. The van der Waals surface area contributed by atoms with Gasteiger partial charge < -0.3 is 14.8 Å². The largest absolute Gasteiger partial charge is 0.497 e. The lowest BCUT2D eigenvalue weighted by molar-refractivity contribution is 0.0977. The van der Waals surface area contributed by atoms with Crippen LogP contribution in [0.15, 0.2) is 77.7 Å². The number of nitrogens with one attached hydrogen (secondary N) is 3. The zero-order valence-corrected chi connectivity index (χ0v) is 21.2. The van der Waals surface area contributed by atoms with Crippen LogP contribution in [0.5, 0.6) is 11.5 Å². The molecule has 1 amide bonds. The predicted molar refractivity (Wildman–Crippen MR) is 141 cm³/mol. The maximum Gasteiger partial charge on any atom is 0.261 e. The lowest BCUT2D eigenvalue weighted by atomic mass is 10.2. The van der Waals surface area contributed by atoms with E-state index in [4.69, 9.17) is 21.7 Å². The Morgan fingerprint density at radius 1 is 0.914 bits per heavy atom. The number of benzene rings is 3. The second-order valence-electron chi connectivity index (χ2n) is 7.63.